The predicted octanol–water partition coefficient (Wildman–Crippen LogP) is 4.28. The van der Waals surface area contributed by atoms with E-state index in [2.05, 4.69) is 16.0 Å². The molecular formula is C19H22ClN3O2. The fourth-order valence-electron chi connectivity index (χ4n) is 2.37. The van der Waals surface area contributed by atoms with E-state index in [0.29, 0.717) is 22.8 Å². The van der Waals surface area contributed by atoms with Crippen molar-refractivity contribution in [2.24, 2.45) is 0 Å². The van der Waals surface area contributed by atoms with Crippen LogP contribution in [0.4, 0.5) is 10.5 Å². The van der Waals surface area contributed by atoms with Gasteiger partial charge in [-0.25, -0.2) is 4.79 Å². The maximum atomic E-state index is 12.3. The van der Waals surface area contributed by atoms with Crippen LogP contribution in [-0.4, -0.2) is 18.5 Å². The molecule has 0 bridgehead atoms. The van der Waals surface area contributed by atoms with E-state index in [4.69, 9.17) is 11.6 Å². The molecule has 1 atom stereocenters. The van der Waals surface area contributed by atoms with Gasteiger partial charge >= 0.3 is 6.03 Å². The largest absolute Gasteiger partial charge is 0.352 e. The second-order valence-corrected chi connectivity index (χ2v) is 6.20. The minimum Gasteiger partial charge on any atom is -0.352 e. The third kappa shape index (κ3) is 5.22. The summed E-state index contributed by atoms with van der Waals surface area (Å²) in [5.74, 6) is -0.168. The first-order valence-corrected chi connectivity index (χ1v) is 8.50. The van der Waals surface area contributed by atoms with Gasteiger partial charge in [0.25, 0.3) is 5.91 Å². The molecule has 0 aliphatic carbocycles. The molecule has 0 saturated heterocycles. The van der Waals surface area contributed by atoms with Crippen molar-refractivity contribution in [2.45, 2.75) is 26.8 Å². The van der Waals surface area contributed by atoms with Crippen molar-refractivity contribution in [3.05, 3.63) is 64.2 Å². The number of hydrogen-bond acceptors (Lipinski definition) is 2. The Morgan fingerprint density at radius 3 is 2.60 bits per heavy atom. The number of nitrogens with one attached hydrogen (secondary N) is 3. The molecule has 25 heavy (non-hydrogen) atoms. The fourth-order valence-corrected chi connectivity index (χ4v) is 2.57. The van der Waals surface area contributed by atoms with Gasteiger partial charge in [0.1, 0.15) is 0 Å². The molecule has 132 valence electrons. The van der Waals surface area contributed by atoms with Crippen LogP contribution >= 0.6 is 11.6 Å². The van der Waals surface area contributed by atoms with Crippen LogP contribution in [-0.2, 0) is 0 Å². The minimum atomic E-state index is -0.344. The van der Waals surface area contributed by atoms with E-state index in [0.717, 1.165) is 11.1 Å². The van der Waals surface area contributed by atoms with E-state index < -0.39 is 0 Å². The molecule has 5 nitrogen and oxygen atoms in total. The maximum absolute atomic E-state index is 12.3. The summed E-state index contributed by atoms with van der Waals surface area (Å²) in [4.78, 5) is 24.2. The molecule has 1 unspecified atom stereocenters. The first-order valence-electron chi connectivity index (χ1n) is 8.12. The zero-order valence-corrected chi connectivity index (χ0v) is 15.3. The number of rotatable bonds is 5. The van der Waals surface area contributed by atoms with Crippen molar-refractivity contribution in [1.29, 1.82) is 0 Å². The zero-order chi connectivity index (χ0) is 18.4. The monoisotopic (exact) mass is 359 g/mol. The van der Waals surface area contributed by atoms with Crippen LogP contribution in [0.2, 0.25) is 5.02 Å². The Morgan fingerprint density at radius 2 is 1.92 bits per heavy atom. The lowest BCUT2D eigenvalue weighted by molar-refractivity contribution is 0.0956. The number of aryl methyl sites for hydroxylation is 1. The Morgan fingerprint density at radius 1 is 1.16 bits per heavy atom. The number of anilines is 1. The number of urea groups is 1. The highest BCUT2D eigenvalue weighted by Gasteiger charge is 2.12. The molecule has 0 spiro atoms. The van der Waals surface area contributed by atoms with E-state index in [1.54, 1.807) is 24.3 Å². The van der Waals surface area contributed by atoms with Gasteiger partial charge in [0.05, 0.1) is 6.04 Å². The van der Waals surface area contributed by atoms with Crippen molar-refractivity contribution in [3.63, 3.8) is 0 Å². The van der Waals surface area contributed by atoms with Crippen LogP contribution in [0, 0.1) is 6.92 Å². The Balaban J connectivity index is 2.07. The molecule has 2 rings (SSSR count). The lowest BCUT2D eigenvalue weighted by Gasteiger charge is -2.16. The molecule has 0 aliphatic heterocycles. The summed E-state index contributed by atoms with van der Waals surface area (Å²) in [7, 11) is 0. The number of hydrogen-bond donors (Lipinski definition) is 3. The highest BCUT2D eigenvalue weighted by atomic mass is 35.5. The molecule has 3 N–H and O–H groups in total. The Hall–Kier alpha value is -2.53. The lowest BCUT2D eigenvalue weighted by atomic mass is 10.1. The first-order chi connectivity index (χ1) is 11.9. The summed E-state index contributed by atoms with van der Waals surface area (Å²) in [6, 6.07) is 12.0. The van der Waals surface area contributed by atoms with Crippen molar-refractivity contribution < 1.29 is 9.59 Å². The Bertz CT molecular complexity index is 777. The maximum Gasteiger partial charge on any atom is 0.319 e. The predicted molar refractivity (Wildman–Crippen MR) is 101 cm³/mol. The molecule has 0 saturated carbocycles. The van der Waals surface area contributed by atoms with E-state index in [1.165, 1.54) is 0 Å². The van der Waals surface area contributed by atoms with Gasteiger partial charge in [-0.05, 0) is 56.2 Å². The SMILES string of the molecule is CCNC(=O)c1ccc(C)c(NC(=O)NC(C)c2cccc(Cl)c2)c1. The summed E-state index contributed by atoms with van der Waals surface area (Å²) in [5.41, 5.74) is 2.89. The van der Waals surface area contributed by atoms with Gasteiger partial charge in [-0.3, -0.25) is 4.79 Å². The van der Waals surface area contributed by atoms with E-state index in [-0.39, 0.29) is 18.0 Å². The van der Waals surface area contributed by atoms with Crippen LogP contribution in [0.5, 0.6) is 0 Å². The van der Waals surface area contributed by atoms with Crippen molar-refractivity contribution >= 4 is 29.2 Å². The average molecular weight is 360 g/mol. The summed E-state index contributed by atoms with van der Waals surface area (Å²) in [6.45, 7) is 6.16. The number of carbonyl (C=O) groups is 2. The second kappa shape index (κ2) is 8.53. The van der Waals surface area contributed by atoms with Gasteiger partial charge in [0.15, 0.2) is 0 Å². The number of amides is 3. The van der Waals surface area contributed by atoms with Crippen molar-refractivity contribution in [3.8, 4) is 0 Å². The summed E-state index contributed by atoms with van der Waals surface area (Å²) >= 11 is 5.98. The summed E-state index contributed by atoms with van der Waals surface area (Å²) < 4.78 is 0. The summed E-state index contributed by atoms with van der Waals surface area (Å²) in [5, 5.41) is 9.03. The van der Waals surface area contributed by atoms with Gasteiger partial charge in [-0.1, -0.05) is 29.8 Å². The third-order valence-electron chi connectivity index (χ3n) is 3.78. The molecule has 3 amide bonds. The topological polar surface area (TPSA) is 70.2 Å². The van der Waals surface area contributed by atoms with Crippen LogP contribution < -0.4 is 16.0 Å². The molecule has 2 aromatic rings. The van der Waals surface area contributed by atoms with Crippen LogP contribution in [0.25, 0.3) is 0 Å². The van der Waals surface area contributed by atoms with E-state index in [1.807, 2.05) is 39.0 Å². The number of carbonyl (C=O) groups excluding carboxylic acids is 2. The van der Waals surface area contributed by atoms with E-state index in [9.17, 15) is 9.59 Å². The standard InChI is InChI=1S/C19H22ClN3O2/c1-4-21-18(24)15-9-8-12(2)17(11-15)23-19(25)22-13(3)14-6-5-7-16(20)10-14/h5-11,13H,4H2,1-3H3,(H,21,24)(H2,22,23,25). The Kier molecular flexibility index (Phi) is 6.42. The van der Waals surface area contributed by atoms with Gasteiger partial charge in [0.2, 0.25) is 0 Å². The highest BCUT2D eigenvalue weighted by molar-refractivity contribution is 6.30. The van der Waals surface area contributed by atoms with Gasteiger partial charge in [0, 0.05) is 22.8 Å². The Labute approximate surface area is 152 Å². The van der Waals surface area contributed by atoms with Crippen molar-refractivity contribution in [2.75, 3.05) is 11.9 Å². The molecular weight excluding hydrogens is 338 g/mol. The molecule has 2 aromatic carbocycles. The molecule has 0 heterocycles. The van der Waals surface area contributed by atoms with Gasteiger partial charge in [-0.2, -0.15) is 0 Å². The molecule has 0 aliphatic rings. The molecule has 0 radical (unpaired) electrons. The van der Waals surface area contributed by atoms with Crippen molar-refractivity contribution in [1.82, 2.24) is 10.6 Å². The average Bonchev–Trinajstić information content (AvgIpc) is 2.57. The highest BCUT2D eigenvalue weighted by Crippen LogP contribution is 2.19. The zero-order valence-electron chi connectivity index (χ0n) is 14.5. The summed E-state index contributed by atoms with van der Waals surface area (Å²) in [6.07, 6.45) is 0. The lowest BCUT2D eigenvalue weighted by Crippen LogP contribution is -2.31. The first kappa shape index (κ1) is 18.8. The number of benzene rings is 2. The quantitative estimate of drug-likeness (QED) is 0.745. The van der Waals surface area contributed by atoms with Crippen LogP contribution in [0.15, 0.2) is 42.5 Å². The van der Waals surface area contributed by atoms with Crippen LogP contribution in [0.1, 0.15) is 41.4 Å². The smallest absolute Gasteiger partial charge is 0.319 e. The third-order valence-corrected chi connectivity index (χ3v) is 4.02. The van der Waals surface area contributed by atoms with Crippen LogP contribution in [0.3, 0.4) is 0 Å². The molecule has 0 fully saturated rings. The minimum absolute atomic E-state index is 0.168. The second-order valence-electron chi connectivity index (χ2n) is 5.76. The number of halogens is 1. The van der Waals surface area contributed by atoms with E-state index >= 15 is 0 Å². The van der Waals surface area contributed by atoms with Gasteiger partial charge in [-0.15, -0.1) is 0 Å². The normalized spacial score (nSPS) is 11.5. The fraction of sp³-hybridized carbons (Fsp3) is 0.263. The molecule has 0 aromatic heterocycles. The molecule has 6 heteroatoms. The van der Waals surface area contributed by atoms with Gasteiger partial charge < -0.3 is 16.0 Å².